The van der Waals surface area contributed by atoms with Crippen LogP contribution >= 0.6 is 0 Å². The molecule has 2 bridgehead atoms. The van der Waals surface area contributed by atoms with Crippen molar-refractivity contribution in [3.05, 3.63) is 0 Å². The summed E-state index contributed by atoms with van der Waals surface area (Å²) < 4.78 is 22.9. The Hall–Kier alpha value is -0.400. The lowest BCUT2D eigenvalue weighted by atomic mass is 9.70. The van der Waals surface area contributed by atoms with Gasteiger partial charge in [0.05, 0.1) is 18.8 Å². The first-order chi connectivity index (χ1) is 14.9. The number of aliphatic hydroxyl groups is 6. The summed E-state index contributed by atoms with van der Waals surface area (Å²) in [7, 11) is 0. The molecule has 2 saturated heterocycles. The molecule has 4 fully saturated rings. The minimum Gasteiger partial charge on any atom is -0.388 e. The normalized spacial score (nSPS) is 55.3. The Morgan fingerprint density at radius 3 is 2.03 bits per heavy atom. The zero-order valence-electron chi connectivity index (χ0n) is 19.1. The zero-order valence-corrected chi connectivity index (χ0v) is 19.1. The highest BCUT2D eigenvalue weighted by molar-refractivity contribution is 5.11. The van der Waals surface area contributed by atoms with Crippen molar-refractivity contribution < 1.29 is 49.6 Å². The van der Waals surface area contributed by atoms with Crippen LogP contribution in [0.4, 0.5) is 0 Å². The molecule has 0 spiro atoms. The van der Waals surface area contributed by atoms with Gasteiger partial charge in [-0.2, -0.15) is 0 Å². The topological polar surface area (TPSA) is 158 Å². The molecule has 32 heavy (non-hydrogen) atoms. The largest absolute Gasteiger partial charge is 0.388 e. The van der Waals surface area contributed by atoms with Crippen LogP contribution in [0.2, 0.25) is 0 Å². The number of ether oxygens (including phenoxy) is 4. The second-order valence-electron chi connectivity index (χ2n) is 10.8. The quantitative estimate of drug-likeness (QED) is 0.295. The van der Waals surface area contributed by atoms with Gasteiger partial charge in [0.2, 0.25) is 0 Å². The van der Waals surface area contributed by atoms with E-state index in [1.807, 2.05) is 0 Å². The molecule has 2 aliphatic carbocycles. The molecule has 0 amide bonds. The molecule has 13 atom stereocenters. The Morgan fingerprint density at radius 1 is 0.812 bits per heavy atom. The Labute approximate surface area is 188 Å². The maximum atomic E-state index is 10.5. The molecule has 0 aromatic carbocycles. The van der Waals surface area contributed by atoms with Crippen LogP contribution in [0, 0.1) is 16.7 Å². The Bertz CT molecular complexity index is 675. The number of hydrogen-bond donors (Lipinski definition) is 6. The van der Waals surface area contributed by atoms with Crippen molar-refractivity contribution in [1.29, 1.82) is 0 Å². The lowest BCUT2D eigenvalue weighted by Gasteiger charge is -2.45. The fourth-order valence-electron chi connectivity index (χ4n) is 6.01. The first kappa shape index (κ1) is 24.7. The molecular formula is C22H38O10. The maximum Gasteiger partial charge on any atom is 0.186 e. The van der Waals surface area contributed by atoms with Gasteiger partial charge in [-0.3, -0.25) is 0 Å². The van der Waals surface area contributed by atoms with Gasteiger partial charge in [0.15, 0.2) is 12.6 Å². The summed E-state index contributed by atoms with van der Waals surface area (Å²) in [5.74, 6) is 0.515. The molecule has 0 aromatic heterocycles. The van der Waals surface area contributed by atoms with E-state index in [4.69, 9.17) is 18.9 Å². The summed E-state index contributed by atoms with van der Waals surface area (Å²) in [5.41, 5.74) is 0.00933. The zero-order chi connectivity index (χ0) is 23.6. The number of hydrogen-bond acceptors (Lipinski definition) is 10. The highest BCUT2D eigenvalue weighted by Gasteiger charge is 2.63. The van der Waals surface area contributed by atoms with E-state index < -0.39 is 61.4 Å². The van der Waals surface area contributed by atoms with Gasteiger partial charge in [0.1, 0.15) is 42.7 Å². The average Bonchev–Trinajstić information content (AvgIpc) is 3.08. The van der Waals surface area contributed by atoms with Crippen LogP contribution in [0.25, 0.3) is 0 Å². The molecule has 2 heterocycles. The minimum absolute atomic E-state index is 0.0824. The second-order valence-corrected chi connectivity index (χ2v) is 10.8. The van der Waals surface area contributed by atoms with E-state index in [0.29, 0.717) is 5.92 Å². The molecule has 6 N–H and O–H groups in total. The molecule has 2 aliphatic heterocycles. The van der Waals surface area contributed by atoms with Gasteiger partial charge >= 0.3 is 0 Å². The number of rotatable bonds is 5. The van der Waals surface area contributed by atoms with Crippen molar-refractivity contribution in [3.8, 4) is 0 Å². The van der Waals surface area contributed by atoms with Gasteiger partial charge in [-0.05, 0) is 42.9 Å². The minimum atomic E-state index is -1.51. The van der Waals surface area contributed by atoms with Gasteiger partial charge in [0, 0.05) is 0 Å². The first-order valence-corrected chi connectivity index (χ1v) is 11.5. The van der Waals surface area contributed by atoms with E-state index in [9.17, 15) is 30.6 Å². The smallest absolute Gasteiger partial charge is 0.186 e. The highest BCUT2D eigenvalue weighted by atomic mass is 16.7. The first-order valence-electron chi connectivity index (χ1n) is 11.5. The maximum absolute atomic E-state index is 10.5. The van der Waals surface area contributed by atoms with Crippen molar-refractivity contribution >= 4 is 0 Å². The summed E-state index contributed by atoms with van der Waals surface area (Å²) in [6.45, 7) is 7.91. The average molecular weight is 463 g/mol. The number of fused-ring (bicyclic) bond motifs is 2. The van der Waals surface area contributed by atoms with Gasteiger partial charge < -0.3 is 49.6 Å². The SMILES string of the molecule is C[C@@H]1O[C@@H](OC[C@H]2O[C@@H](OC3CC4CCC3(C)C4(C)C)[C@H](O)[C@@H](O)[C@@H]2O)[C@H](O)[C@H](O)[C@H]1O. The van der Waals surface area contributed by atoms with E-state index in [1.165, 1.54) is 6.92 Å². The van der Waals surface area contributed by atoms with E-state index in [2.05, 4.69) is 20.8 Å². The van der Waals surface area contributed by atoms with Gasteiger partial charge in [0.25, 0.3) is 0 Å². The van der Waals surface area contributed by atoms with Gasteiger partial charge in [-0.15, -0.1) is 0 Å². The van der Waals surface area contributed by atoms with E-state index in [1.54, 1.807) is 0 Å². The molecule has 10 heteroatoms. The molecule has 0 aromatic rings. The van der Waals surface area contributed by atoms with Crippen LogP contribution in [-0.2, 0) is 18.9 Å². The highest BCUT2D eigenvalue weighted by Crippen LogP contribution is 2.66. The van der Waals surface area contributed by atoms with Crippen molar-refractivity contribution in [2.45, 2.75) is 114 Å². The molecule has 4 aliphatic rings. The van der Waals surface area contributed by atoms with Crippen molar-refractivity contribution in [3.63, 3.8) is 0 Å². The van der Waals surface area contributed by atoms with Crippen molar-refractivity contribution in [1.82, 2.24) is 0 Å². The molecule has 2 saturated carbocycles. The predicted octanol–water partition coefficient (Wildman–Crippen LogP) is -1.13. The standard InChI is InChI=1S/C22H38O10/c1-9-13(23)15(25)17(27)19(30-9)29-8-11-14(24)16(26)18(28)20(31-11)32-12-7-10-5-6-22(12,4)21(10,2)3/h9-20,23-28H,5-8H2,1-4H3/t9-,10?,11+,12?,13-,14+,15+,16-,17+,18+,19+,20-,22?/m0/s1. The lowest BCUT2D eigenvalue weighted by Crippen LogP contribution is -2.61. The Morgan fingerprint density at radius 2 is 1.44 bits per heavy atom. The summed E-state index contributed by atoms with van der Waals surface area (Å²) in [6.07, 6.45) is -10.0. The summed E-state index contributed by atoms with van der Waals surface area (Å²) in [6, 6.07) is 0. The Kier molecular flexibility index (Phi) is 6.70. The van der Waals surface area contributed by atoms with Gasteiger partial charge in [-0.25, -0.2) is 0 Å². The monoisotopic (exact) mass is 462 g/mol. The second kappa shape index (κ2) is 8.67. The van der Waals surface area contributed by atoms with Crippen LogP contribution in [0.15, 0.2) is 0 Å². The van der Waals surface area contributed by atoms with Crippen molar-refractivity contribution in [2.75, 3.05) is 6.61 Å². The molecule has 10 nitrogen and oxygen atoms in total. The fourth-order valence-corrected chi connectivity index (χ4v) is 6.01. The summed E-state index contributed by atoms with van der Waals surface area (Å²) in [5, 5.41) is 61.2. The van der Waals surface area contributed by atoms with E-state index >= 15 is 0 Å². The molecule has 4 rings (SSSR count). The Balaban J connectivity index is 1.40. The summed E-state index contributed by atoms with van der Waals surface area (Å²) >= 11 is 0. The molecular weight excluding hydrogens is 424 g/mol. The number of aliphatic hydroxyl groups excluding tert-OH is 6. The third-order valence-electron chi connectivity index (χ3n) is 8.91. The molecule has 186 valence electrons. The predicted molar refractivity (Wildman–Crippen MR) is 109 cm³/mol. The van der Waals surface area contributed by atoms with Crippen LogP contribution in [-0.4, -0.2) is 105 Å². The third kappa shape index (κ3) is 3.82. The summed E-state index contributed by atoms with van der Waals surface area (Å²) in [4.78, 5) is 0. The van der Waals surface area contributed by atoms with Gasteiger partial charge in [-0.1, -0.05) is 20.8 Å². The van der Waals surface area contributed by atoms with E-state index in [0.717, 1.165) is 19.3 Å². The molecule has 3 unspecified atom stereocenters. The third-order valence-corrected chi connectivity index (χ3v) is 8.91. The molecule has 0 radical (unpaired) electrons. The van der Waals surface area contributed by atoms with Crippen LogP contribution in [0.1, 0.15) is 47.0 Å². The van der Waals surface area contributed by atoms with Crippen molar-refractivity contribution in [2.24, 2.45) is 16.7 Å². The van der Waals surface area contributed by atoms with E-state index in [-0.39, 0.29) is 23.5 Å². The van der Waals surface area contributed by atoms with Crippen LogP contribution < -0.4 is 0 Å². The fraction of sp³-hybridized carbons (Fsp3) is 1.00. The van der Waals surface area contributed by atoms with Crippen LogP contribution in [0.5, 0.6) is 0 Å². The lowest BCUT2D eigenvalue weighted by molar-refractivity contribution is -0.337. The van der Waals surface area contributed by atoms with Crippen LogP contribution in [0.3, 0.4) is 0 Å².